The Morgan fingerprint density at radius 2 is 0.692 bits per heavy atom. The summed E-state index contributed by atoms with van der Waals surface area (Å²) in [6, 6.07) is 0. The van der Waals surface area contributed by atoms with Crippen molar-refractivity contribution < 1.29 is 50.1 Å². The second kappa shape index (κ2) is 22.6. The van der Waals surface area contributed by atoms with Gasteiger partial charge in [0.1, 0.15) is 0 Å². The Labute approximate surface area is 231 Å². The van der Waals surface area contributed by atoms with Gasteiger partial charge in [0.15, 0.2) is 0 Å². The molecule has 0 aliphatic carbocycles. The van der Waals surface area contributed by atoms with Crippen molar-refractivity contribution in [3.8, 4) is 0 Å². The zero-order valence-corrected chi connectivity index (χ0v) is 25.9. The first-order chi connectivity index (χ1) is 18.5. The maximum absolute atomic E-state index is 15.4. The number of unbranched alkanes of at least 4 members (excludes halogenated alkanes) is 12. The summed E-state index contributed by atoms with van der Waals surface area (Å²) in [5, 5.41) is 0. The van der Waals surface area contributed by atoms with Crippen molar-refractivity contribution in [2.24, 2.45) is 0 Å². The van der Waals surface area contributed by atoms with Crippen LogP contribution in [0.1, 0.15) is 104 Å². The maximum atomic E-state index is 15.4. The fourth-order valence-electron chi connectivity index (χ4n) is 4.14. The van der Waals surface area contributed by atoms with Gasteiger partial charge in [0.25, 0.3) is 0 Å². The van der Waals surface area contributed by atoms with Crippen molar-refractivity contribution in [1.82, 2.24) is 0 Å². The Kier molecular flexibility index (Phi) is 22.6. The minimum absolute atomic E-state index is 0.140. The van der Waals surface area contributed by atoms with E-state index in [0.29, 0.717) is 25.7 Å². The molecule has 6 atom stereocenters. The van der Waals surface area contributed by atoms with Gasteiger partial charge >= 0.3 is 232 Å². The molecule has 236 valence electrons. The van der Waals surface area contributed by atoms with Gasteiger partial charge < -0.3 is 0 Å². The molecule has 0 aromatic heterocycles. The third-order valence-corrected chi connectivity index (χ3v) is 16.5. The molecular formula is C26H46F10O2Sn. The van der Waals surface area contributed by atoms with Crippen molar-refractivity contribution in [1.29, 1.82) is 0 Å². The molecule has 0 fully saturated rings. The SMILES string of the molecule is CCCCCCCCC[O][Sn]([O]CCCCCCCCC)([CH](F)C(F)C(F)C(F)F)[CH](F)C(F)C(F)C(F)F. The first kappa shape index (κ1) is 39.0. The minimum atomic E-state index is -6.76. The van der Waals surface area contributed by atoms with E-state index < -0.39 is 78.3 Å². The fourth-order valence-corrected chi connectivity index (χ4v) is 13.3. The third-order valence-electron chi connectivity index (χ3n) is 6.57. The molecule has 0 radical (unpaired) electrons. The second-order valence-electron chi connectivity index (χ2n) is 9.91. The molecule has 6 unspecified atom stereocenters. The van der Waals surface area contributed by atoms with Crippen LogP contribution in [-0.2, 0) is 6.15 Å². The Morgan fingerprint density at radius 1 is 0.410 bits per heavy atom. The van der Waals surface area contributed by atoms with E-state index in [-0.39, 0.29) is 12.8 Å². The summed E-state index contributed by atoms with van der Waals surface area (Å²) >= 11 is -6.76. The van der Waals surface area contributed by atoms with E-state index in [4.69, 9.17) is 6.15 Å². The van der Waals surface area contributed by atoms with E-state index in [1.807, 2.05) is 13.8 Å². The van der Waals surface area contributed by atoms with Crippen LogP contribution < -0.4 is 0 Å². The van der Waals surface area contributed by atoms with Crippen LogP contribution in [0.2, 0.25) is 0 Å². The van der Waals surface area contributed by atoms with Crippen LogP contribution in [0.4, 0.5) is 43.9 Å². The second-order valence-corrected chi connectivity index (χ2v) is 18.8. The van der Waals surface area contributed by atoms with Crippen molar-refractivity contribution in [2.75, 3.05) is 13.2 Å². The molecule has 0 amide bonds. The molecule has 0 aromatic carbocycles. The molecule has 13 heteroatoms. The quantitative estimate of drug-likeness (QED) is 0.0509. The van der Waals surface area contributed by atoms with E-state index in [0.717, 1.165) is 51.4 Å². The average molecular weight is 699 g/mol. The van der Waals surface area contributed by atoms with Crippen LogP contribution >= 0.6 is 0 Å². The van der Waals surface area contributed by atoms with Gasteiger partial charge in [-0.1, -0.05) is 0 Å². The van der Waals surface area contributed by atoms with Crippen LogP contribution in [0, 0.1) is 0 Å². The molecule has 0 rings (SSSR count). The predicted octanol–water partition coefficient (Wildman–Crippen LogP) is 9.60. The number of rotatable bonds is 26. The number of hydrogen-bond donors (Lipinski definition) is 0. The Bertz CT molecular complexity index is 531. The first-order valence-electron chi connectivity index (χ1n) is 14.2. The summed E-state index contributed by atoms with van der Waals surface area (Å²) in [4.78, 5) is 0. The standard InChI is InChI=1S/2C9H19O.2C4H4F5.Sn/c2*1-2-3-4-5-6-7-8-9-10;2*5-1-2(6)3(7)4(8)9;/h2*2-9H2,1H3;2*1-4H;/q2*-1;;;+2. The van der Waals surface area contributed by atoms with Crippen LogP contribution in [-0.4, -0.2) is 78.3 Å². The van der Waals surface area contributed by atoms with E-state index in [2.05, 4.69) is 0 Å². The summed E-state index contributed by atoms with van der Waals surface area (Å²) in [7, 11) is 0. The third kappa shape index (κ3) is 14.7. The van der Waals surface area contributed by atoms with Gasteiger partial charge in [-0.2, -0.15) is 0 Å². The van der Waals surface area contributed by atoms with Gasteiger partial charge in [0.2, 0.25) is 0 Å². The van der Waals surface area contributed by atoms with E-state index in [1.54, 1.807) is 0 Å². The van der Waals surface area contributed by atoms with E-state index in [1.165, 1.54) is 0 Å². The number of alkyl halides is 10. The molecule has 39 heavy (non-hydrogen) atoms. The van der Waals surface area contributed by atoms with Crippen molar-refractivity contribution in [3.63, 3.8) is 0 Å². The topological polar surface area (TPSA) is 18.5 Å². The molecule has 0 heterocycles. The van der Waals surface area contributed by atoms with Gasteiger partial charge in [-0.25, -0.2) is 0 Å². The van der Waals surface area contributed by atoms with Gasteiger partial charge in [0, 0.05) is 0 Å². The summed E-state index contributed by atoms with van der Waals surface area (Å²) in [5.41, 5.74) is 0. The number of hydrogen-bond acceptors (Lipinski definition) is 2. The Balaban J connectivity index is 5.76. The Hall–Kier alpha value is 0.0187. The van der Waals surface area contributed by atoms with Crippen LogP contribution in [0.15, 0.2) is 0 Å². The monoisotopic (exact) mass is 700 g/mol. The summed E-state index contributed by atoms with van der Waals surface area (Å²) in [5.74, 6) is 0. The first-order valence-corrected chi connectivity index (χ1v) is 19.8. The average Bonchev–Trinajstić information content (AvgIpc) is 2.92. The summed E-state index contributed by atoms with van der Waals surface area (Å²) in [6.07, 6.45) is -12.5. The molecule has 0 saturated carbocycles. The molecule has 0 bridgehead atoms. The van der Waals surface area contributed by atoms with Gasteiger partial charge in [-0.3, -0.25) is 0 Å². The fraction of sp³-hybridized carbons (Fsp3) is 1.00. The molecular weight excluding hydrogens is 653 g/mol. The zero-order valence-electron chi connectivity index (χ0n) is 23.0. The van der Waals surface area contributed by atoms with Crippen LogP contribution in [0.5, 0.6) is 0 Å². The van der Waals surface area contributed by atoms with Crippen molar-refractivity contribution >= 4 is 19.2 Å². The Morgan fingerprint density at radius 3 is 0.974 bits per heavy atom. The van der Waals surface area contributed by atoms with Gasteiger partial charge in [-0.15, -0.1) is 0 Å². The van der Waals surface area contributed by atoms with Gasteiger partial charge in [-0.05, 0) is 0 Å². The van der Waals surface area contributed by atoms with Crippen molar-refractivity contribution in [2.45, 2.75) is 150 Å². The molecule has 2 nitrogen and oxygen atoms in total. The van der Waals surface area contributed by atoms with Crippen molar-refractivity contribution in [3.05, 3.63) is 0 Å². The molecule has 0 saturated heterocycles. The summed E-state index contributed by atoms with van der Waals surface area (Å²) < 4.78 is 142. The van der Waals surface area contributed by atoms with E-state index in [9.17, 15) is 35.1 Å². The molecule has 0 aliphatic heterocycles. The molecule has 0 spiro atoms. The van der Waals surface area contributed by atoms with Gasteiger partial charge in [0.05, 0.1) is 0 Å². The number of halogens is 10. The molecule has 0 aliphatic rings. The van der Waals surface area contributed by atoms with Crippen LogP contribution in [0.3, 0.4) is 0 Å². The molecule has 0 N–H and O–H groups in total. The van der Waals surface area contributed by atoms with E-state index >= 15 is 8.78 Å². The molecule has 0 aromatic rings. The predicted molar refractivity (Wildman–Crippen MR) is 135 cm³/mol. The summed E-state index contributed by atoms with van der Waals surface area (Å²) in [6.45, 7) is 3.02. The zero-order chi connectivity index (χ0) is 29.8. The van der Waals surface area contributed by atoms with Crippen LogP contribution in [0.25, 0.3) is 0 Å². The normalized spacial score (nSPS) is 17.4.